The Morgan fingerprint density at radius 1 is 0.421 bits per heavy atom. The number of hydrogen-bond donors (Lipinski definition) is 0. The lowest BCUT2D eigenvalue weighted by molar-refractivity contribution is 0.661. The average Bonchev–Trinajstić information content (AvgIpc) is 3.86. The molecule has 2 aliphatic rings. The lowest BCUT2D eigenvalue weighted by Gasteiger charge is -2.21. The van der Waals surface area contributed by atoms with Gasteiger partial charge in [0.1, 0.15) is 0 Å². The van der Waals surface area contributed by atoms with Gasteiger partial charge in [-0.2, -0.15) is 0 Å². The largest absolute Gasteiger partial charge is 0.309 e. The summed E-state index contributed by atoms with van der Waals surface area (Å²) in [6.07, 6.45) is 0. The minimum atomic E-state index is -0.0859. The summed E-state index contributed by atoms with van der Waals surface area (Å²) in [6, 6.07) is 72.5. The molecule has 0 spiro atoms. The zero-order valence-electron chi connectivity index (χ0n) is 32.0. The van der Waals surface area contributed by atoms with Crippen molar-refractivity contribution in [2.45, 2.75) is 25.2 Å². The van der Waals surface area contributed by atoms with Gasteiger partial charge in [-0.1, -0.05) is 178 Å². The van der Waals surface area contributed by atoms with Crippen molar-refractivity contribution in [1.82, 2.24) is 4.57 Å². The summed E-state index contributed by atoms with van der Waals surface area (Å²) in [7, 11) is 0. The van der Waals surface area contributed by atoms with Crippen molar-refractivity contribution in [2.24, 2.45) is 0 Å². The third kappa shape index (κ3) is 4.63. The first kappa shape index (κ1) is 32.3. The number of benzene rings is 9. The van der Waals surface area contributed by atoms with Crippen LogP contribution in [0.25, 0.3) is 82.8 Å². The fraction of sp³-hybridized carbons (Fsp3) is 0.0714. The molecule has 1 unspecified atom stereocenters. The predicted octanol–water partition coefficient (Wildman–Crippen LogP) is 14.7. The molecule has 0 fully saturated rings. The lowest BCUT2D eigenvalue weighted by Crippen LogP contribution is -2.14. The minimum absolute atomic E-state index is 0.0859. The second-order valence-electron chi connectivity index (χ2n) is 16.4. The average molecular weight is 726 g/mol. The lowest BCUT2D eigenvalue weighted by atomic mass is 9.82. The van der Waals surface area contributed by atoms with E-state index < -0.39 is 0 Å². The van der Waals surface area contributed by atoms with Crippen LogP contribution in [-0.4, -0.2) is 4.57 Å². The molecule has 0 saturated heterocycles. The highest BCUT2D eigenvalue weighted by molar-refractivity contribution is 6.19. The highest BCUT2D eigenvalue weighted by Crippen LogP contribution is 2.54. The van der Waals surface area contributed by atoms with Gasteiger partial charge in [-0.05, 0) is 108 Å². The van der Waals surface area contributed by atoms with E-state index >= 15 is 0 Å². The van der Waals surface area contributed by atoms with Gasteiger partial charge < -0.3 is 4.57 Å². The Kier molecular flexibility index (Phi) is 6.81. The van der Waals surface area contributed by atoms with Crippen LogP contribution in [-0.2, 0) is 5.41 Å². The zero-order chi connectivity index (χ0) is 37.8. The molecule has 1 atom stereocenters. The molecular formula is C56H39N. The van der Waals surface area contributed by atoms with Crippen molar-refractivity contribution >= 4 is 32.6 Å². The minimum Gasteiger partial charge on any atom is -0.309 e. The maximum absolute atomic E-state index is 2.51. The molecule has 57 heavy (non-hydrogen) atoms. The fourth-order valence-electron chi connectivity index (χ4n) is 10.4. The van der Waals surface area contributed by atoms with E-state index in [1.54, 1.807) is 0 Å². The van der Waals surface area contributed by atoms with E-state index in [1.807, 2.05) is 0 Å². The van der Waals surface area contributed by atoms with Crippen LogP contribution in [0.4, 0.5) is 0 Å². The molecule has 1 nitrogen and oxygen atoms in total. The Bertz CT molecular complexity index is 3250. The Labute approximate surface area is 333 Å². The predicted molar refractivity (Wildman–Crippen MR) is 240 cm³/mol. The van der Waals surface area contributed by atoms with Crippen molar-refractivity contribution < 1.29 is 0 Å². The summed E-state index contributed by atoms with van der Waals surface area (Å²) in [5.41, 5.74) is 20.8. The first-order valence-corrected chi connectivity index (χ1v) is 20.1. The van der Waals surface area contributed by atoms with Gasteiger partial charge in [0.25, 0.3) is 0 Å². The molecule has 0 saturated carbocycles. The van der Waals surface area contributed by atoms with Crippen LogP contribution in [0.1, 0.15) is 47.6 Å². The van der Waals surface area contributed by atoms with Gasteiger partial charge >= 0.3 is 0 Å². The van der Waals surface area contributed by atoms with Crippen LogP contribution < -0.4 is 0 Å². The van der Waals surface area contributed by atoms with Crippen LogP contribution in [0.15, 0.2) is 194 Å². The number of aromatic nitrogens is 1. The van der Waals surface area contributed by atoms with Gasteiger partial charge in [-0.15, -0.1) is 0 Å². The Morgan fingerprint density at radius 2 is 1.07 bits per heavy atom. The summed E-state index contributed by atoms with van der Waals surface area (Å²) >= 11 is 0. The molecule has 0 N–H and O–H groups in total. The number of rotatable bonds is 4. The molecule has 0 amide bonds. The maximum atomic E-state index is 2.51. The van der Waals surface area contributed by atoms with E-state index in [2.05, 4.69) is 213 Å². The molecule has 10 aromatic rings. The molecule has 268 valence electrons. The Hall–Kier alpha value is -6.96. The van der Waals surface area contributed by atoms with Crippen molar-refractivity contribution in [2.75, 3.05) is 0 Å². The molecular weight excluding hydrogens is 687 g/mol. The quantitative estimate of drug-likeness (QED) is 0.170. The molecule has 12 rings (SSSR count). The van der Waals surface area contributed by atoms with Gasteiger partial charge in [-0.3, -0.25) is 0 Å². The van der Waals surface area contributed by atoms with E-state index in [0.717, 1.165) is 0 Å². The monoisotopic (exact) mass is 725 g/mol. The smallest absolute Gasteiger partial charge is 0.0547 e. The van der Waals surface area contributed by atoms with Crippen molar-refractivity contribution in [3.63, 3.8) is 0 Å². The molecule has 0 radical (unpaired) electrons. The summed E-state index contributed by atoms with van der Waals surface area (Å²) in [5.74, 6) is 0.197. The molecule has 2 aliphatic carbocycles. The van der Waals surface area contributed by atoms with E-state index in [9.17, 15) is 0 Å². The van der Waals surface area contributed by atoms with E-state index in [-0.39, 0.29) is 11.3 Å². The second kappa shape index (κ2) is 12.0. The summed E-state index contributed by atoms with van der Waals surface area (Å²) in [4.78, 5) is 0. The summed E-state index contributed by atoms with van der Waals surface area (Å²) < 4.78 is 2.51. The molecule has 1 aromatic heterocycles. The van der Waals surface area contributed by atoms with E-state index in [4.69, 9.17) is 0 Å². The maximum Gasteiger partial charge on any atom is 0.0547 e. The zero-order valence-corrected chi connectivity index (χ0v) is 32.0. The van der Waals surface area contributed by atoms with E-state index in [0.29, 0.717) is 0 Å². The van der Waals surface area contributed by atoms with Crippen LogP contribution in [0.2, 0.25) is 0 Å². The van der Waals surface area contributed by atoms with Crippen molar-refractivity contribution in [1.29, 1.82) is 0 Å². The summed E-state index contributed by atoms with van der Waals surface area (Å²) in [6.45, 7) is 4.76. The highest BCUT2D eigenvalue weighted by atomic mass is 15.0. The number of nitrogens with zero attached hydrogens (tertiary/aromatic N) is 1. The Balaban J connectivity index is 1.06. The van der Waals surface area contributed by atoms with Crippen LogP contribution in [0.3, 0.4) is 0 Å². The SMILES string of the molecule is CC1(C)c2ccccc2-c2c1ccc1c2c2cc(-c3ccc4c(c3)-c3ccccc3C4c3ccc(-c4ccccc4)cc3)ccc2n1-c1cccc2ccccc12. The van der Waals surface area contributed by atoms with Gasteiger partial charge in [0, 0.05) is 27.5 Å². The molecule has 9 aromatic carbocycles. The second-order valence-corrected chi connectivity index (χ2v) is 16.4. The molecule has 1 heterocycles. The van der Waals surface area contributed by atoms with Gasteiger partial charge in [0.05, 0.1) is 16.7 Å². The molecule has 0 bridgehead atoms. The number of fused-ring (bicyclic) bond motifs is 11. The van der Waals surface area contributed by atoms with Crippen LogP contribution in [0, 0.1) is 0 Å². The fourth-order valence-corrected chi connectivity index (χ4v) is 10.4. The highest BCUT2D eigenvalue weighted by Gasteiger charge is 2.37. The van der Waals surface area contributed by atoms with Gasteiger partial charge in [0.15, 0.2) is 0 Å². The number of hydrogen-bond acceptors (Lipinski definition) is 0. The first-order chi connectivity index (χ1) is 28.0. The van der Waals surface area contributed by atoms with Crippen molar-refractivity contribution in [3.05, 3.63) is 222 Å². The van der Waals surface area contributed by atoms with Gasteiger partial charge in [0.2, 0.25) is 0 Å². The topological polar surface area (TPSA) is 4.93 Å². The normalized spacial score (nSPS) is 14.8. The van der Waals surface area contributed by atoms with E-state index in [1.165, 1.54) is 111 Å². The third-order valence-electron chi connectivity index (χ3n) is 13.1. The summed E-state index contributed by atoms with van der Waals surface area (Å²) in [5, 5.41) is 5.13. The van der Waals surface area contributed by atoms with Crippen LogP contribution in [0.5, 0.6) is 0 Å². The van der Waals surface area contributed by atoms with Gasteiger partial charge in [-0.25, -0.2) is 0 Å². The third-order valence-corrected chi connectivity index (χ3v) is 13.1. The molecule has 1 heteroatoms. The molecule has 0 aliphatic heterocycles. The first-order valence-electron chi connectivity index (χ1n) is 20.1. The van der Waals surface area contributed by atoms with Crippen molar-refractivity contribution in [3.8, 4) is 50.2 Å². The Morgan fingerprint density at radius 3 is 1.95 bits per heavy atom. The standard InChI is InChI=1S/C56H39N/c1-56(2)48-21-11-10-20-45(48)54-49(56)30-32-52-55(54)47-34-40(28-31-51(47)57(52)50-22-12-16-37-15-6-7-17-41(37)50)39-27-29-44-46(33-39)42-18-8-9-19-43(42)53(44)38-25-23-36(24-26-38)35-13-4-3-5-14-35/h3-34,53H,1-2H3. The van der Waals surface area contributed by atoms with Crippen LogP contribution >= 0.6 is 0 Å².